The number of para-hydroxylation sites is 1. The third-order valence-electron chi connectivity index (χ3n) is 2.79. The Balaban J connectivity index is 1.87. The van der Waals surface area contributed by atoms with E-state index in [1.54, 1.807) is 25.1 Å². The monoisotopic (exact) mass is 259 g/mol. The van der Waals surface area contributed by atoms with Gasteiger partial charge in [0.15, 0.2) is 5.75 Å². The van der Waals surface area contributed by atoms with Crippen LogP contribution in [0.4, 0.5) is 11.6 Å². The molecule has 0 unspecified atom stereocenters. The van der Waals surface area contributed by atoms with E-state index in [4.69, 9.17) is 9.26 Å². The van der Waals surface area contributed by atoms with E-state index >= 15 is 0 Å². The number of amides is 1. The Morgan fingerprint density at radius 1 is 1.47 bits per heavy atom. The summed E-state index contributed by atoms with van der Waals surface area (Å²) in [6.45, 7) is 3.06. The summed E-state index contributed by atoms with van der Waals surface area (Å²) in [6.07, 6.45) is 0. The van der Waals surface area contributed by atoms with Crippen molar-refractivity contribution in [3.63, 3.8) is 0 Å². The highest BCUT2D eigenvalue weighted by atomic mass is 16.5. The van der Waals surface area contributed by atoms with Crippen LogP contribution in [0.3, 0.4) is 0 Å². The Morgan fingerprint density at radius 2 is 2.37 bits per heavy atom. The van der Waals surface area contributed by atoms with Gasteiger partial charge in [-0.05, 0) is 19.1 Å². The topological polar surface area (TPSA) is 76.4 Å². The molecule has 2 N–H and O–H groups in total. The molecule has 3 rings (SSSR count). The van der Waals surface area contributed by atoms with E-state index in [2.05, 4.69) is 15.8 Å². The fraction of sp³-hybridized carbons (Fsp3) is 0.231. The van der Waals surface area contributed by atoms with Crippen molar-refractivity contribution in [1.82, 2.24) is 5.16 Å². The van der Waals surface area contributed by atoms with Crippen LogP contribution in [0.2, 0.25) is 0 Å². The van der Waals surface area contributed by atoms with Crippen molar-refractivity contribution in [2.75, 3.05) is 23.8 Å². The molecule has 6 nitrogen and oxygen atoms in total. The normalized spacial score (nSPS) is 13.1. The second-order valence-electron chi connectivity index (χ2n) is 4.24. The SMILES string of the molecule is Cc1cc(NC(=O)c2cccc3c2OCCN3)on1. The summed E-state index contributed by atoms with van der Waals surface area (Å²) in [5, 5.41) is 9.56. The lowest BCUT2D eigenvalue weighted by atomic mass is 10.1. The second-order valence-corrected chi connectivity index (χ2v) is 4.24. The van der Waals surface area contributed by atoms with Gasteiger partial charge in [0.25, 0.3) is 5.91 Å². The van der Waals surface area contributed by atoms with Crippen LogP contribution in [0.15, 0.2) is 28.8 Å². The first-order chi connectivity index (χ1) is 9.24. The summed E-state index contributed by atoms with van der Waals surface area (Å²) in [7, 11) is 0. The zero-order valence-corrected chi connectivity index (χ0v) is 10.4. The highest BCUT2D eigenvalue weighted by Crippen LogP contribution is 2.31. The summed E-state index contributed by atoms with van der Waals surface area (Å²) >= 11 is 0. The van der Waals surface area contributed by atoms with E-state index in [1.807, 2.05) is 6.07 Å². The van der Waals surface area contributed by atoms with Crippen molar-refractivity contribution in [2.24, 2.45) is 0 Å². The molecular formula is C13H13N3O3. The predicted octanol–water partition coefficient (Wildman–Crippen LogP) is 2.04. The summed E-state index contributed by atoms with van der Waals surface area (Å²) < 4.78 is 10.5. The van der Waals surface area contributed by atoms with Gasteiger partial charge in [0.05, 0.1) is 16.9 Å². The largest absolute Gasteiger partial charge is 0.489 e. The fourth-order valence-corrected chi connectivity index (χ4v) is 1.95. The van der Waals surface area contributed by atoms with Gasteiger partial charge in [0, 0.05) is 12.6 Å². The second kappa shape index (κ2) is 4.64. The van der Waals surface area contributed by atoms with Crippen LogP contribution in [0.25, 0.3) is 0 Å². The van der Waals surface area contributed by atoms with Crippen molar-refractivity contribution in [3.05, 3.63) is 35.5 Å². The molecule has 1 aromatic carbocycles. The smallest absolute Gasteiger partial charge is 0.261 e. The van der Waals surface area contributed by atoms with Gasteiger partial charge in [-0.15, -0.1) is 0 Å². The number of aromatic nitrogens is 1. The number of nitrogens with zero attached hydrogens (tertiary/aromatic N) is 1. The van der Waals surface area contributed by atoms with Gasteiger partial charge in [0.2, 0.25) is 5.88 Å². The molecule has 0 bridgehead atoms. The summed E-state index contributed by atoms with van der Waals surface area (Å²) in [6, 6.07) is 7.06. The summed E-state index contributed by atoms with van der Waals surface area (Å²) in [5.74, 6) is 0.614. The molecule has 1 aliphatic rings. The van der Waals surface area contributed by atoms with Crippen molar-refractivity contribution in [3.8, 4) is 5.75 Å². The third-order valence-corrected chi connectivity index (χ3v) is 2.79. The Morgan fingerprint density at radius 3 is 3.16 bits per heavy atom. The molecule has 98 valence electrons. The van der Waals surface area contributed by atoms with Gasteiger partial charge >= 0.3 is 0 Å². The van der Waals surface area contributed by atoms with E-state index in [1.165, 1.54) is 0 Å². The number of ether oxygens (including phenoxy) is 1. The molecule has 0 atom stereocenters. The average Bonchev–Trinajstić information content (AvgIpc) is 2.83. The molecule has 2 heterocycles. The zero-order valence-electron chi connectivity index (χ0n) is 10.4. The van der Waals surface area contributed by atoms with Crippen molar-refractivity contribution in [1.29, 1.82) is 0 Å². The highest BCUT2D eigenvalue weighted by molar-refractivity contribution is 6.06. The van der Waals surface area contributed by atoms with Crippen molar-refractivity contribution < 1.29 is 14.1 Å². The third kappa shape index (κ3) is 2.24. The average molecular weight is 259 g/mol. The molecule has 1 amide bonds. The van der Waals surface area contributed by atoms with E-state index in [0.717, 1.165) is 12.2 Å². The van der Waals surface area contributed by atoms with E-state index in [-0.39, 0.29) is 5.91 Å². The van der Waals surface area contributed by atoms with Crippen LogP contribution in [0, 0.1) is 6.92 Å². The number of aryl methyl sites for hydroxylation is 1. The first-order valence-corrected chi connectivity index (χ1v) is 5.98. The maximum atomic E-state index is 12.2. The maximum Gasteiger partial charge on any atom is 0.261 e. The number of hydrogen-bond donors (Lipinski definition) is 2. The summed E-state index contributed by atoms with van der Waals surface area (Å²) in [5.41, 5.74) is 2.01. The number of nitrogens with one attached hydrogen (secondary N) is 2. The Kier molecular flexibility index (Phi) is 2.83. The lowest BCUT2D eigenvalue weighted by Crippen LogP contribution is -2.21. The fourth-order valence-electron chi connectivity index (χ4n) is 1.95. The van der Waals surface area contributed by atoms with Crippen molar-refractivity contribution >= 4 is 17.5 Å². The lowest BCUT2D eigenvalue weighted by molar-refractivity contribution is 0.102. The molecule has 0 spiro atoms. The van der Waals surface area contributed by atoms with Crippen molar-refractivity contribution in [2.45, 2.75) is 6.92 Å². The van der Waals surface area contributed by atoms with Crippen LogP contribution in [-0.2, 0) is 0 Å². The minimum atomic E-state index is -0.281. The molecule has 2 aromatic rings. The highest BCUT2D eigenvalue weighted by Gasteiger charge is 2.19. The molecule has 0 fully saturated rings. The van der Waals surface area contributed by atoms with Crippen LogP contribution in [-0.4, -0.2) is 24.2 Å². The summed E-state index contributed by atoms with van der Waals surface area (Å²) in [4.78, 5) is 12.2. The minimum Gasteiger partial charge on any atom is -0.489 e. The zero-order chi connectivity index (χ0) is 13.2. The van der Waals surface area contributed by atoms with E-state index in [9.17, 15) is 4.79 Å². The minimum absolute atomic E-state index is 0.281. The number of rotatable bonds is 2. The Labute approximate surface area is 109 Å². The number of anilines is 2. The van der Waals surface area contributed by atoms with Gasteiger partial charge < -0.3 is 14.6 Å². The van der Waals surface area contributed by atoms with Gasteiger partial charge in [-0.25, -0.2) is 0 Å². The number of hydrogen-bond acceptors (Lipinski definition) is 5. The first kappa shape index (κ1) is 11.6. The number of benzene rings is 1. The number of carbonyl (C=O) groups excluding carboxylic acids is 1. The Hall–Kier alpha value is -2.50. The predicted molar refractivity (Wildman–Crippen MR) is 69.6 cm³/mol. The number of carbonyl (C=O) groups is 1. The maximum absolute atomic E-state index is 12.2. The van der Waals surface area contributed by atoms with Crippen LogP contribution in [0.1, 0.15) is 16.1 Å². The van der Waals surface area contributed by atoms with Crippen LogP contribution in [0.5, 0.6) is 5.75 Å². The Bertz CT molecular complexity index is 621. The lowest BCUT2D eigenvalue weighted by Gasteiger charge is -2.21. The van der Waals surface area contributed by atoms with Crippen LogP contribution < -0.4 is 15.4 Å². The van der Waals surface area contributed by atoms with E-state index in [0.29, 0.717) is 29.5 Å². The first-order valence-electron chi connectivity index (χ1n) is 5.98. The standard InChI is InChI=1S/C13H13N3O3/c1-8-7-11(19-16-8)15-13(17)9-3-2-4-10-12(9)18-6-5-14-10/h2-4,7,14H,5-6H2,1H3,(H,15,17). The van der Waals surface area contributed by atoms with Gasteiger partial charge in [-0.2, -0.15) is 0 Å². The van der Waals surface area contributed by atoms with Gasteiger partial charge in [0.1, 0.15) is 6.61 Å². The van der Waals surface area contributed by atoms with Gasteiger partial charge in [-0.3, -0.25) is 10.1 Å². The molecule has 6 heteroatoms. The molecule has 0 saturated heterocycles. The van der Waals surface area contributed by atoms with Crippen LogP contribution >= 0.6 is 0 Å². The molecule has 1 aromatic heterocycles. The molecular weight excluding hydrogens is 246 g/mol. The molecule has 0 aliphatic carbocycles. The molecule has 0 radical (unpaired) electrons. The quantitative estimate of drug-likeness (QED) is 0.863. The van der Waals surface area contributed by atoms with Gasteiger partial charge in [-0.1, -0.05) is 11.2 Å². The number of fused-ring (bicyclic) bond motifs is 1. The van der Waals surface area contributed by atoms with E-state index < -0.39 is 0 Å². The molecule has 19 heavy (non-hydrogen) atoms. The molecule has 1 aliphatic heterocycles. The molecule has 0 saturated carbocycles.